The van der Waals surface area contributed by atoms with Gasteiger partial charge in [0.15, 0.2) is 0 Å². The third-order valence-corrected chi connectivity index (χ3v) is 3.41. The predicted octanol–water partition coefficient (Wildman–Crippen LogP) is 1.87. The van der Waals surface area contributed by atoms with Crippen LogP contribution in [-0.2, 0) is 11.2 Å². The average Bonchev–Trinajstić information content (AvgIpc) is 2.69. The highest BCUT2D eigenvalue weighted by Crippen LogP contribution is 2.36. The molecule has 0 aromatic heterocycles. The summed E-state index contributed by atoms with van der Waals surface area (Å²) in [4.78, 5) is 11.6. The van der Waals surface area contributed by atoms with Crippen molar-refractivity contribution in [1.82, 2.24) is 5.32 Å². The average molecular weight is 254 g/mol. The van der Waals surface area contributed by atoms with Crippen molar-refractivity contribution in [2.24, 2.45) is 0 Å². The molecule has 0 spiro atoms. The van der Waals surface area contributed by atoms with Crippen LogP contribution in [0.1, 0.15) is 29.9 Å². The van der Waals surface area contributed by atoms with Crippen LogP contribution in [0.2, 0.25) is 5.02 Å². The first kappa shape index (κ1) is 12.4. The number of rotatable bonds is 4. The second kappa shape index (κ2) is 5.52. The van der Waals surface area contributed by atoms with Gasteiger partial charge < -0.3 is 10.4 Å². The minimum atomic E-state index is -0.0151. The number of amides is 1. The van der Waals surface area contributed by atoms with Crippen LogP contribution >= 0.6 is 11.6 Å². The molecule has 1 aliphatic rings. The van der Waals surface area contributed by atoms with Gasteiger partial charge in [0, 0.05) is 18.0 Å². The fraction of sp³-hybridized carbons (Fsp3) is 0.462. The topological polar surface area (TPSA) is 49.3 Å². The first-order valence-electron chi connectivity index (χ1n) is 5.86. The Kier molecular flexibility index (Phi) is 4.02. The lowest BCUT2D eigenvalue weighted by Gasteiger charge is -2.11. The van der Waals surface area contributed by atoms with E-state index in [1.807, 2.05) is 18.2 Å². The molecule has 4 heteroatoms. The van der Waals surface area contributed by atoms with Crippen molar-refractivity contribution in [2.75, 3.05) is 13.2 Å². The minimum absolute atomic E-state index is 0.00289. The molecule has 1 atom stereocenters. The van der Waals surface area contributed by atoms with Gasteiger partial charge >= 0.3 is 0 Å². The van der Waals surface area contributed by atoms with Gasteiger partial charge in [-0.2, -0.15) is 0 Å². The molecule has 2 N–H and O–H groups in total. The lowest BCUT2D eigenvalue weighted by molar-refractivity contribution is -0.121. The molecule has 1 aromatic rings. The van der Waals surface area contributed by atoms with Crippen LogP contribution in [-0.4, -0.2) is 24.2 Å². The van der Waals surface area contributed by atoms with E-state index in [0.29, 0.717) is 13.0 Å². The second-order valence-corrected chi connectivity index (χ2v) is 4.79. The quantitative estimate of drug-likeness (QED) is 0.861. The molecule has 0 saturated heterocycles. The Morgan fingerprint density at radius 3 is 3.12 bits per heavy atom. The number of nitrogens with one attached hydrogen (secondary N) is 1. The van der Waals surface area contributed by atoms with Crippen molar-refractivity contribution < 1.29 is 9.90 Å². The monoisotopic (exact) mass is 253 g/mol. The zero-order valence-corrected chi connectivity index (χ0v) is 10.3. The van der Waals surface area contributed by atoms with Crippen LogP contribution in [0, 0.1) is 0 Å². The van der Waals surface area contributed by atoms with Crippen molar-refractivity contribution in [3.8, 4) is 0 Å². The largest absolute Gasteiger partial charge is 0.395 e. The number of fused-ring (bicyclic) bond motifs is 1. The van der Waals surface area contributed by atoms with Gasteiger partial charge in [0.25, 0.3) is 0 Å². The molecule has 1 unspecified atom stereocenters. The van der Waals surface area contributed by atoms with Gasteiger partial charge in [0.1, 0.15) is 0 Å². The van der Waals surface area contributed by atoms with Crippen LogP contribution < -0.4 is 5.32 Å². The van der Waals surface area contributed by atoms with E-state index < -0.39 is 0 Å². The summed E-state index contributed by atoms with van der Waals surface area (Å²) in [5.74, 6) is 0.263. The van der Waals surface area contributed by atoms with E-state index in [1.165, 1.54) is 11.1 Å². The highest BCUT2D eigenvalue weighted by atomic mass is 35.5. The van der Waals surface area contributed by atoms with Crippen molar-refractivity contribution in [3.05, 3.63) is 34.3 Å². The molecule has 0 saturated carbocycles. The van der Waals surface area contributed by atoms with E-state index in [4.69, 9.17) is 16.7 Å². The normalized spacial score (nSPS) is 17.9. The van der Waals surface area contributed by atoms with Gasteiger partial charge in [-0.05, 0) is 42.0 Å². The summed E-state index contributed by atoms with van der Waals surface area (Å²) < 4.78 is 0. The molecule has 1 aromatic carbocycles. The van der Waals surface area contributed by atoms with E-state index in [0.717, 1.165) is 17.9 Å². The van der Waals surface area contributed by atoms with Crippen LogP contribution in [0.25, 0.3) is 0 Å². The number of hydrogen-bond donors (Lipinski definition) is 2. The lowest BCUT2D eigenvalue weighted by Crippen LogP contribution is -2.27. The maximum Gasteiger partial charge on any atom is 0.220 e. The maximum atomic E-state index is 11.6. The summed E-state index contributed by atoms with van der Waals surface area (Å²) in [7, 11) is 0. The molecule has 0 fully saturated rings. The number of benzene rings is 1. The summed E-state index contributed by atoms with van der Waals surface area (Å²) in [6.45, 7) is 0.312. The summed E-state index contributed by atoms with van der Waals surface area (Å²) in [6, 6.07) is 5.91. The van der Waals surface area contributed by atoms with Crippen LogP contribution in [0.3, 0.4) is 0 Å². The SMILES string of the molecule is O=C(CC1CCc2ccc(Cl)cc21)NCCO. The third kappa shape index (κ3) is 2.99. The zero-order chi connectivity index (χ0) is 12.3. The van der Waals surface area contributed by atoms with E-state index in [-0.39, 0.29) is 18.4 Å². The molecule has 0 aliphatic heterocycles. The van der Waals surface area contributed by atoms with Crippen LogP contribution in [0.4, 0.5) is 0 Å². The summed E-state index contributed by atoms with van der Waals surface area (Å²) in [5.41, 5.74) is 2.51. The number of aliphatic hydroxyl groups is 1. The van der Waals surface area contributed by atoms with Gasteiger partial charge in [-0.25, -0.2) is 0 Å². The van der Waals surface area contributed by atoms with Crippen LogP contribution in [0.5, 0.6) is 0 Å². The van der Waals surface area contributed by atoms with Crippen molar-refractivity contribution in [1.29, 1.82) is 0 Å². The summed E-state index contributed by atoms with van der Waals surface area (Å²) >= 11 is 5.98. The first-order chi connectivity index (χ1) is 8.20. The highest BCUT2D eigenvalue weighted by molar-refractivity contribution is 6.30. The Bertz CT molecular complexity index is 420. The fourth-order valence-electron chi connectivity index (χ4n) is 2.36. The smallest absolute Gasteiger partial charge is 0.220 e. The molecule has 2 rings (SSSR count). The molecule has 3 nitrogen and oxygen atoms in total. The number of aryl methyl sites for hydroxylation is 1. The molecular formula is C13H16ClNO2. The van der Waals surface area contributed by atoms with Gasteiger partial charge in [0.2, 0.25) is 5.91 Å². The first-order valence-corrected chi connectivity index (χ1v) is 6.24. The highest BCUT2D eigenvalue weighted by Gasteiger charge is 2.24. The molecule has 92 valence electrons. The fourth-order valence-corrected chi connectivity index (χ4v) is 2.54. The van der Waals surface area contributed by atoms with Gasteiger partial charge in [-0.3, -0.25) is 4.79 Å². The Balaban J connectivity index is 2.01. The van der Waals surface area contributed by atoms with Crippen LogP contribution in [0.15, 0.2) is 18.2 Å². The molecule has 0 heterocycles. The molecule has 0 radical (unpaired) electrons. The lowest BCUT2D eigenvalue weighted by atomic mass is 9.97. The van der Waals surface area contributed by atoms with Gasteiger partial charge in [0.05, 0.1) is 6.61 Å². The van der Waals surface area contributed by atoms with Crippen molar-refractivity contribution in [3.63, 3.8) is 0 Å². The molecule has 1 aliphatic carbocycles. The Hall–Kier alpha value is -1.06. The van der Waals surface area contributed by atoms with Gasteiger partial charge in [-0.1, -0.05) is 17.7 Å². The number of hydrogen-bond acceptors (Lipinski definition) is 2. The molecule has 0 bridgehead atoms. The second-order valence-electron chi connectivity index (χ2n) is 4.36. The molecule has 1 amide bonds. The third-order valence-electron chi connectivity index (χ3n) is 3.18. The number of aliphatic hydroxyl groups excluding tert-OH is 1. The van der Waals surface area contributed by atoms with E-state index in [2.05, 4.69) is 5.32 Å². The van der Waals surface area contributed by atoms with Crippen molar-refractivity contribution >= 4 is 17.5 Å². The Labute approximate surface area is 106 Å². The molecular weight excluding hydrogens is 238 g/mol. The maximum absolute atomic E-state index is 11.6. The Morgan fingerprint density at radius 2 is 2.35 bits per heavy atom. The van der Waals surface area contributed by atoms with Gasteiger partial charge in [-0.15, -0.1) is 0 Å². The van der Waals surface area contributed by atoms with E-state index >= 15 is 0 Å². The number of halogens is 1. The number of carbonyl (C=O) groups is 1. The van der Waals surface area contributed by atoms with E-state index in [1.54, 1.807) is 0 Å². The standard InChI is InChI=1S/C13H16ClNO2/c14-11-4-3-9-1-2-10(12(9)8-11)7-13(17)15-5-6-16/h3-4,8,10,16H,1-2,5-7H2,(H,15,17). The summed E-state index contributed by atoms with van der Waals surface area (Å²) in [5, 5.41) is 12.0. The zero-order valence-electron chi connectivity index (χ0n) is 9.58. The van der Waals surface area contributed by atoms with Crippen molar-refractivity contribution in [2.45, 2.75) is 25.2 Å². The molecule has 17 heavy (non-hydrogen) atoms. The minimum Gasteiger partial charge on any atom is -0.395 e. The predicted molar refractivity (Wildman–Crippen MR) is 67.2 cm³/mol. The summed E-state index contributed by atoms with van der Waals surface area (Å²) in [6.07, 6.45) is 2.50. The number of carbonyl (C=O) groups excluding carboxylic acids is 1. The van der Waals surface area contributed by atoms with E-state index in [9.17, 15) is 4.79 Å². The Morgan fingerprint density at radius 1 is 1.53 bits per heavy atom.